The minimum absolute atomic E-state index is 0.196. The van der Waals surface area contributed by atoms with Gasteiger partial charge in [0.25, 0.3) is 0 Å². The molecular weight excluding hydrogens is 253 g/mol. The van der Waals surface area contributed by atoms with Crippen molar-refractivity contribution in [1.29, 1.82) is 0 Å². The lowest BCUT2D eigenvalue weighted by molar-refractivity contribution is 0.627. The normalized spacial score (nSPS) is 10.9. The Morgan fingerprint density at radius 2 is 1.90 bits per heavy atom. The zero-order chi connectivity index (χ0) is 13.9. The summed E-state index contributed by atoms with van der Waals surface area (Å²) in [4.78, 5) is 4.46. The first-order chi connectivity index (χ1) is 9.76. The number of anilines is 1. The minimum Gasteiger partial charge on any atom is -0.387 e. The van der Waals surface area contributed by atoms with Crippen LogP contribution in [0.25, 0.3) is 5.52 Å². The maximum Gasteiger partial charge on any atom is 0.123 e. The topological polar surface area (TPSA) is 29.3 Å². The molecule has 20 heavy (non-hydrogen) atoms. The molecule has 0 aliphatic carbocycles. The minimum atomic E-state index is -0.196. The van der Waals surface area contributed by atoms with Crippen molar-refractivity contribution >= 4 is 11.2 Å². The molecule has 0 spiro atoms. The summed E-state index contributed by atoms with van der Waals surface area (Å²) in [5, 5.41) is 3.13. The van der Waals surface area contributed by atoms with E-state index in [4.69, 9.17) is 0 Å². The van der Waals surface area contributed by atoms with Crippen molar-refractivity contribution < 1.29 is 4.39 Å². The predicted octanol–water partition coefficient (Wildman–Crippen LogP) is 3.30. The maximum atomic E-state index is 12.9. The Kier molecular flexibility index (Phi) is 3.37. The lowest BCUT2D eigenvalue weighted by Gasteiger charge is -2.05. The fraction of sp³-hybridized carbons (Fsp3) is 0.188. The number of aromatic nitrogens is 2. The van der Waals surface area contributed by atoms with E-state index in [0.717, 1.165) is 35.4 Å². The van der Waals surface area contributed by atoms with Gasteiger partial charge in [0.1, 0.15) is 11.6 Å². The molecular formula is C16H16FN3. The summed E-state index contributed by atoms with van der Waals surface area (Å²) in [7, 11) is 1.90. The number of fused-ring (bicyclic) bond motifs is 1. The lowest BCUT2D eigenvalue weighted by Crippen LogP contribution is -1.99. The second kappa shape index (κ2) is 5.33. The Morgan fingerprint density at radius 3 is 2.65 bits per heavy atom. The van der Waals surface area contributed by atoms with Gasteiger partial charge in [-0.25, -0.2) is 9.37 Å². The number of nitrogens with zero attached hydrogens (tertiary/aromatic N) is 2. The van der Waals surface area contributed by atoms with E-state index in [1.165, 1.54) is 12.1 Å². The van der Waals surface area contributed by atoms with E-state index in [0.29, 0.717) is 0 Å². The molecule has 2 heterocycles. The molecule has 2 aromatic heterocycles. The highest BCUT2D eigenvalue weighted by molar-refractivity contribution is 5.53. The van der Waals surface area contributed by atoms with Gasteiger partial charge in [0, 0.05) is 19.7 Å². The third-order valence-electron chi connectivity index (χ3n) is 3.44. The van der Waals surface area contributed by atoms with E-state index in [2.05, 4.69) is 14.7 Å². The van der Waals surface area contributed by atoms with Crippen LogP contribution < -0.4 is 5.32 Å². The van der Waals surface area contributed by atoms with Gasteiger partial charge in [0.15, 0.2) is 0 Å². The lowest BCUT2D eigenvalue weighted by atomic mass is 10.1. The Hall–Kier alpha value is -2.36. The predicted molar refractivity (Wildman–Crippen MR) is 78.5 cm³/mol. The molecule has 4 heteroatoms. The largest absolute Gasteiger partial charge is 0.387 e. The molecule has 0 fully saturated rings. The van der Waals surface area contributed by atoms with Crippen LogP contribution in [0.3, 0.4) is 0 Å². The summed E-state index contributed by atoms with van der Waals surface area (Å²) < 4.78 is 15.0. The average Bonchev–Trinajstić information content (AvgIpc) is 2.89. The number of hydrogen-bond acceptors (Lipinski definition) is 2. The van der Waals surface area contributed by atoms with Crippen molar-refractivity contribution in [2.45, 2.75) is 12.8 Å². The summed E-state index contributed by atoms with van der Waals surface area (Å²) in [6, 6.07) is 10.7. The standard InChI is InChI=1S/C16H16FN3/c1-18-14-7-8-15-10-19-16(20(15)11-14)9-4-12-2-5-13(17)6-3-12/h2-3,5-8,10-11,18H,4,9H2,1H3. The number of aryl methyl sites for hydroxylation is 2. The molecule has 0 amide bonds. The number of hydrogen-bond donors (Lipinski definition) is 1. The summed E-state index contributed by atoms with van der Waals surface area (Å²) in [5.74, 6) is 0.820. The quantitative estimate of drug-likeness (QED) is 0.787. The molecule has 3 rings (SSSR count). The summed E-state index contributed by atoms with van der Waals surface area (Å²) in [6.45, 7) is 0. The molecule has 0 atom stereocenters. The van der Waals surface area contributed by atoms with Gasteiger partial charge in [-0.1, -0.05) is 12.1 Å². The third kappa shape index (κ3) is 2.50. The average molecular weight is 269 g/mol. The van der Waals surface area contributed by atoms with E-state index >= 15 is 0 Å². The Balaban J connectivity index is 1.81. The first-order valence-corrected chi connectivity index (χ1v) is 6.64. The second-order valence-electron chi connectivity index (χ2n) is 4.76. The molecule has 0 aliphatic rings. The van der Waals surface area contributed by atoms with Crippen molar-refractivity contribution in [3.05, 3.63) is 66.0 Å². The highest BCUT2D eigenvalue weighted by Crippen LogP contribution is 2.14. The van der Waals surface area contributed by atoms with Gasteiger partial charge >= 0.3 is 0 Å². The van der Waals surface area contributed by atoms with Gasteiger partial charge in [-0.2, -0.15) is 0 Å². The molecule has 0 unspecified atom stereocenters. The molecule has 0 aliphatic heterocycles. The molecule has 102 valence electrons. The Labute approximate surface area is 117 Å². The monoisotopic (exact) mass is 269 g/mol. The number of imidazole rings is 1. The van der Waals surface area contributed by atoms with Crippen molar-refractivity contribution in [1.82, 2.24) is 9.38 Å². The molecule has 3 aromatic rings. The highest BCUT2D eigenvalue weighted by Gasteiger charge is 2.05. The molecule has 0 radical (unpaired) electrons. The summed E-state index contributed by atoms with van der Waals surface area (Å²) in [5.41, 5.74) is 3.25. The van der Waals surface area contributed by atoms with Crippen molar-refractivity contribution in [3.63, 3.8) is 0 Å². The van der Waals surface area contributed by atoms with E-state index in [1.54, 1.807) is 0 Å². The van der Waals surface area contributed by atoms with Crippen LogP contribution in [0.5, 0.6) is 0 Å². The molecule has 0 saturated heterocycles. The fourth-order valence-electron chi connectivity index (χ4n) is 2.28. The van der Waals surface area contributed by atoms with Gasteiger partial charge in [-0.3, -0.25) is 0 Å². The van der Waals surface area contributed by atoms with Crippen molar-refractivity contribution in [2.24, 2.45) is 0 Å². The Bertz CT molecular complexity index is 716. The van der Waals surface area contributed by atoms with Crippen LogP contribution >= 0.6 is 0 Å². The van der Waals surface area contributed by atoms with Crippen LogP contribution in [0.4, 0.5) is 10.1 Å². The van der Waals surface area contributed by atoms with Crippen molar-refractivity contribution in [3.8, 4) is 0 Å². The maximum absolute atomic E-state index is 12.9. The summed E-state index contributed by atoms with van der Waals surface area (Å²) in [6.07, 6.45) is 5.60. The number of halogens is 1. The number of benzene rings is 1. The van der Waals surface area contributed by atoms with Crippen LogP contribution in [-0.2, 0) is 12.8 Å². The van der Waals surface area contributed by atoms with E-state index in [-0.39, 0.29) is 5.82 Å². The zero-order valence-corrected chi connectivity index (χ0v) is 11.3. The van der Waals surface area contributed by atoms with Crippen LogP contribution in [-0.4, -0.2) is 16.4 Å². The number of nitrogens with one attached hydrogen (secondary N) is 1. The summed E-state index contributed by atoms with van der Waals surface area (Å²) >= 11 is 0. The van der Waals surface area contributed by atoms with Crippen LogP contribution in [0.1, 0.15) is 11.4 Å². The van der Waals surface area contributed by atoms with Crippen LogP contribution in [0, 0.1) is 5.82 Å². The van der Waals surface area contributed by atoms with E-state index < -0.39 is 0 Å². The number of rotatable bonds is 4. The highest BCUT2D eigenvalue weighted by atomic mass is 19.1. The SMILES string of the molecule is CNc1ccc2cnc(CCc3ccc(F)cc3)n2c1. The van der Waals surface area contributed by atoms with Gasteiger partial charge < -0.3 is 9.72 Å². The molecule has 1 aromatic carbocycles. The first kappa shape index (κ1) is 12.7. The van der Waals surface area contributed by atoms with Gasteiger partial charge in [-0.05, 0) is 36.2 Å². The Morgan fingerprint density at radius 1 is 1.10 bits per heavy atom. The molecule has 0 saturated carbocycles. The first-order valence-electron chi connectivity index (χ1n) is 6.64. The van der Waals surface area contributed by atoms with Gasteiger partial charge in [-0.15, -0.1) is 0 Å². The fourth-order valence-corrected chi connectivity index (χ4v) is 2.28. The third-order valence-corrected chi connectivity index (χ3v) is 3.44. The number of pyridine rings is 1. The van der Waals surface area contributed by atoms with Crippen LogP contribution in [0.2, 0.25) is 0 Å². The van der Waals surface area contributed by atoms with E-state index in [9.17, 15) is 4.39 Å². The van der Waals surface area contributed by atoms with Gasteiger partial charge in [0.2, 0.25) is 0 Å². The zero-order valence-electron chi connectivity index (χ0n) is 11.3. The molecule has 0 bridgehead atoms. The van der Waals surface area contributed by atoms with Gasteiger partial charge in [0.05, 0.1) is 17.4 Å². The van der Waals surface area contributed by atoms with E-state index in [1.807, 2.05) is 43.7 Å². The van der Waals surface area contributed by atoms with Crippen molar-refractivity contribution in [2.75, 3.05) is 12.4 Å². The second-order valence-corrected chi connectivity index (χ2v) is 4.76. The van der Waals surface area contributed by atoms with Crippen LogP contribution in [0.15, 0.2) is 48.8 Å². The molecule has 3 nitrogen and oxygen atoms in total. The molecule has 1 N–H and O–H groups in total. The smallest absolute Gasteiger partial charge is 0.123 e.